The van der Waals surface area contributed by atoms with Crippen molar-refractivity contribution in [2.45, 2.75) is 26.7 Å². The van der Waals surface area contributed by atoms with Crippen molar-refractivity contribution in [1.29, 1.82) is 0 Å². The van der Waals surface area contributed by atoms with Gasteiger partial charge in [-0.05, 0) is 43.9 Å². The van der Waals surface area contributed by atoms with Crippen molar-refractivity contribution in [3.8, 4) is 0 Å². The molecule has 0 radical (unpaired) electrons. The summed E-state index contributed by atoms with van der Waals surface area (Å²) in [5, 5.41) is 0. The average molecular weight is 190 g/mol. The summed E-state index contributed by atoms with van der Waals surface area (Å²) >= 11 is 1.89. The largest absolute Gasteiger partial charge is 0.145 e. The van der Waals surface area contributed by atoms with Gasteiger partial charge < -0.3 is 0 Å². The summed E-state index contributed by atoms with van der Waals surface area (Å²) in [5.41, 5.74) is 2.84. The van der Waals surface area contributed by atoms with Crippen LogP contribution < -0.4 is 0 Å². The number of allylic oxidation sites excluding steroid dienone is 4. The molecule has 0 saturated carbocycles. The van der Waals surface area contributed by atoms with E-state index in [1.54, 1.807) is 0 Å². The maximum absolute atomic E-state index is 2.34. The summed E-state index contributed by atoms with van der Waals surface area (Å²) in [5.74, 6) is 0. The molecular formula is C12H14S. The van der Waals surface area contributed by atoms with E-state index in [0.717, 1.165) is 0 Å². The molecule has 0 aromatic carbocycles. The normalized spacial score (nSPS) is 16.0. The second-order valence-electron chi connectivity index (χ2n) is 3.47. The first-order chi connectivity index (χ1) is 6.27. The van der Waals surface area contributed by atoms with Gasteiger partial charge in [-0.15, -0.1) is 11.3 Å². The number of hydrogen-bond donors (Lipinski definition) is 0. The number of aryl methyl sites for hydroxylation is 2. The van der Waals surface area contributed by atoms with Crippen LogP contribution >= 0.6 is 11.3 Å². The Bertz CT molecular complexity index is 366. The van der Waals surface area contributed by atoms with E-state index in [4.69, 9.17) is 0 Å². The van der Waals surface area contributed by atoms with Gasteiger partial charge in [0.2, 0.25) is 0 Å². The third kappa shape index (κ3) is 1.75. The molecule has 0 aliphatic heterocycles. The number of thiophene rings is 1. The third-order valence-corrected chi connectivity index (χ3v) is 3.31. The maximum atomic E-state index is 2.34. The van der Waals surface area contributed by atoms with Crippen LogP contribution in [0.1, 0.15) is 28.2 Å². The second-order valence-corrected chi connectivity index (χ2v) is 4.93. The zero-order valence-electron chi connectivity index (χ0n) is 8.13. The highest BCUT2D eigenvalue weighted by atomic mass is 32.1. The first-order valence-corrected chi connectivity index (χ1v) is 5.53. The molecule has 2 rings (SSSR count). The summed E-state index contributed by atoms with van der Waals surface area (Å²) < 4.78 is 0. The topological polar surface area (TPSA) is 0 Å². The van der Waals surface area contributed by atoms with Crippen molar-refractivity contribution in [2.75, 3.05) is 0 Å². The quantitative estimate of drug-likeness (QED) is 0.625. The third-order valence-electron chi connectivity index (χ3n) is 2.35. The first-order valence-electron chi connectivity index (χ1n) is 4.71. The van der Waals surface area contributed by atoms with Crippen LogP contribution in [-0.2, 0) is 0 Å². The minimum Gasteiger partial charge on any atom is -0.145 e. The fourth-order valence-corrected chi connectivity index (χ4v) is 2.68. The lowest BCUT2D eigenvalue weighted by Gasteiger charge is -2.05. The van der Waals surface area contributed by atoms with Gasteiger partial charge in [0, 0.05) is 9.75 Å². The van der Waals surface area contributed by atoms with Gasteiger partial charge in [-0.2, -0.15) is 0 Å². The van der Waals surface area contributed by atoms with Gasteiger partial charge >= 0.3 is 0 Å². The highest BCUT2D eigenvalue weighted by Crippen LogP contribution is 2.29. The van der Waals surface area contributed by atoms with Crippen molar-refractivity contribution in [1.82, 2.24) is 0 Å². The van der Waals surface area contributed by atoms with E-state index in [2.05, 4.69) is 38.1 Å². The molecule has 68 valence electrons. The zero-order valence-corrected chi connectivity index (χ0v) is 8.95. The number of hydrogen-bond acceptors (Lipinski definition) is 1. The van der Waals surface area contributed by atoms with Gasteiger partial charge in [0.05, 0.1) is 0 Å². The molecule has 0 N–H and O–H groups in total. The van der Waals surface area contributed by atoms with Gasteiger partial charge in [-0.25, -0.2) is 0 Å². The van der Waals surface area contributed by atoms with Crippen LogP contribution in [0.3, 0.4) is 0 Å². The summed E-state index contributed by atoms with van der Waals surface area (Å²) in [6.45, 7) is 4.38. The molecule has 0 spiro atoms. The van der Waals surface area contributed by atoms with Crippen molar-refractivity contribution >= 4 is 16.9 Å². The van der Waals surface area contributed by atoms with Gasteiger partial charge in [-0.1, -0.05) is 18.2 Å². The average Bonchev–Trinajstić information content (AvgIpc) is 2.47. The molecule has 1 aromatic rings. The molecule has 1 aliphatic rings. The van der Waals surface area contributed by atoms with E-state index in [0.29, 0.717) is 0 Å². The van der Waals surface area contributed by atoms with E-state index < -0.39 is 0 Å². The van der Waals surface area contributed by atoms with E-state index in [-0.39, 0.29) is 0 Å². The van der Waals surface area contributed by atoms with Crippen LogP contribution in [0.2, 0.25) is 0 Å². The van der Waals surface area contributed by atoms with E-state index in [1.807, 2.05) is 11.3 Å². The molecule has 1 aliphatic carbocycles. The van der Waals surface area contributed by atoms with E-state index >= 15 is 0 Å². The van der Waals surface area contributed by atoms with Gasteiger partial charge in [0.1, 0.15) is 0 Å². The molecule has 0 saturated heterocycles. The first kappa shape index (κ1) is 8.76. The minimum absolute atomic E-state index is 1.19. The van der Waals surface area contributed by atoms with Crippen molar-refractivity contribution < 1.29 is 0 Å². The summed E-state index contributed by atoms with van der Waals surface area (Å²) in [6, 6.07) is 2.29. The molecule has 0 amide bonds. The predicted molar refractivity (Wildman–Crippen MR) is 60.1 cm³/mol. The molecule has 0 nitrogen and oxygen atoms in total. The van der Waals surface area contributed by atoms with Crippen molar-refractivity contribution in [2.24, 2.45) is 0 Å². The van der Waals surface area contributed by atoms with Gasteiger partial charge in [0.25, 0.3) is 0 Å². The molecule has 0 atom stereocenters. The Morgan fingerprint density at radius 1 is 1.23 bits per heavy atom. The van der Waals surface area contributed by atoms with Crippen LogP contribution in [-0.4, -0.2) is 0 Å². The lowest BCUT2D eigenvalue weighted by molar-refractivity contribution is 1.04. The highest BCUT2D eigenvalue weighted by molar-refractivity contribution is 7.12. The van der Waals surface area contributed by atoms with Crippen LogP contribution in [0.15, 0.2) is 24.3 Å². The van der Waals surface area contributed by atoms with Crippen LogP contribution in [0, 0.1) is 13.8 Å². The molecule has 1 aromatic heterocycles. The molecule has 0 fully saturated rings. The van der Waals surface area contributed by atoms with Crippen LogP contribution in [0.4, 0.5) is 0 Å². The monoisotopic (exact) mass is 190 g/mol. The highest BCUT2D eigenvalue weighted by Gasteiger charge is 2.06. The SMILES string of the molecule is Cc1cc(C2=CCCC=C2)c(C)s1. The molecule has 13 heavy (non-hydrogen) atoms. The summed E-state index contributed by atoms with van der Waals surface area (Å²) in [6.07, 6.45) is 9.25. The Labute approximate surface area is 83.6 Å². The predicted octanol–water partition coefficient (Wildman–Crippen LogP) is 4.10. The fraction of sp³-hybridized carbons (Fsp3) is 0.333. The van der Waals surface area contributed by atoms with Crippen LogP contribution in [0.5, 0.6) is 0 Å². The second kappa shape index (κ2) is 3.51. The maximum Gasteiger partial charge on any atom is 0.00952 e. The van der Waals surface area contributed by atoms with E-state index in [9.17, 15) is 0 Å². The van der Waals surface area contributed by atoms with Crippen molar-refractivity contribution in [3.05, 3.63) is 39.6 Å². The van der Waals surface area contributed by atoms with Gasteiger partial charge in [0.15, 0.2) is 0 Å². The Hall–Kier alpha value is -0.820. The standard InChI is InChI=1S/C12H14S/c1-9-8-12(10(2)13-9)11-6-4-3-5-7-11/h4,6-8H,3,5H2,1-2H3. The summed E-state index contributed by atoms with van der Waals surface area (Å²) in [7, 11) is 0. The van der Waals surface area contributed by atoms with E-state index in [1.165, 1.54) is 33.7 Å². The Morgan fingerprint density at radius 3 is 2.62 bits per heavy atom. The fourth-order valence-electron chi connectivity index (χ4n) is 1.73. The minimum atomic E-state index is 1.19. The Balaban J connectivity index is 2.39. The molecule has 0 unspecified atom stereocenters. The van der Waals surface area contributed by atoms with Crippen LogP contribution in [0.25, 0.3) is 5.57 Å². The summed E-state index contributed by atoms with van der Waals surface area (Å²) in [4.78, 5) is 2.85. The molecule has 1 heteroatoms. The molecule has 1 heterocycles. The van der Waals surface area contributed by atoms with Crippen molar-refractivity contribution in [3.63, 3.8) is 0 Å². The number of rotatable bonds is 1. The smallest absolute Gasteiger partial charge is 0.00952 e. The van der Waals surface area contributed by atoms with Gasteiger partial charge in [-0.3, -0.25) is 0 Å². The lowest BCUT2D eigenvalue weighted by Crippen LogP contribution is -1.84. The Kier molecular flexibility index (Phi) is 2.36. The molecule has 0 bridgehead atoms. The molecular weight excluding hydrogens is 176 g/mol. The Morgan fingerprint density at radius 2 is 2.08 bits per heavy atom. The lowest BCUT2D eigenvalue weighted by atomic mass is 10.0. The zero-order chi connectivity index (χ0) is 9.26.